The fourth-order valence-electron chi connectivity index (χ4n) is 3.49. The van der Waals surface area contributed by atoms with Crippen LogP contribution in [-0.4, -0.2) is 27.7 Å². The summed E-state index contributed by atoms with van der Waals surface area (Å²) in [4.78, 5) is 22.2. The van der Waals surface area contributed by atoms with E-state index in [1.807, 2.05) is 32.9 Å². The van der Waals surface area contributed by atoms with Crippen LogP contribution < -0.4 is 5.73 Å². The lowest BCUT2D eigenvalue weighted by atomic mass is 9.92. The van der Waals surface area contributed by atoms with Crippen molar-refractivity contribution in [3.8, 4) is 10.4 Å². The van der Waals surface area contributed by atoms with E-state index in [1.165, 1.54) is 18.3 Å². The highest BCUT2D eigenvalue weighted by atomic mass is 35.5. The Balaban J connectivity index is 2.45. The third kappa shape index (κ3) is 4.60. The van der Waals surface area contributed by atoms with Crippen LogP contribution in [-0.2, 0) is 17.6 Å². The van der Waals surface area contributed by atoms with Crippen molar-refractivity contribution in [3.05, 3.63) is 46.0 Å². The quantitative estimate of drug-likeness (QED) is 0.266. The molecule has 0 saturated carbocycles. The van der Waals surface area contributed by atoms with E-state index in [1.54, 1.807) is 6.20 Å². The molecule has 7 nitrogen and oxygen atoms in total. The lowest BCUT2D eigenvalue weighted by molar-refractivity contribution is 0.0999. The molecular formula is C22H24ClN5O2S. The molecule has 0 bridgehead atoms. The Morgan fingerprint density at radius 1 is 1.29 bits per heavy atom. The van der Waals surface area contributed by atoms with Crippen LogP contribution >= 0.6 is 22.9 Å². The summed E-state index contributed by atoms with van der Waals surface area (Å²) in [6, 6.07) is 3.74. The second kappa shape index (κ2) is 9.11. The number of halogens is 1. The van der Waals surface area contributed by atoms with Crippen LogP contribution in [0.25, 0.3) is 20.5 Å². The van der Waals surface area contributed by atoms with Gasteiger partial charge in [0.25, 0.3) is 5.91 Å². The molecule has 9 heteroatoms. The summed E-state index contributed by atoms with van der Waals surface area (Å²) in [7, 11) is 0. The summed E-state index contributed by atoms with van der Waals surface area (Å²) < 4.78 is 6.11. The molecule has 1 amide bonds. The van der Waals surface area contributed by atoms with Gasteiger partial charge in [-0.15, -0.1) is 11.3 Å². The Labute approximate surface area is 189 Å². The van der Waals surface area contributed by atoms with Gasteiger partial charge in [0.2, 0.25) is 5.90 Å². The van der Waals surface area contributed by atoms with Gasteiger partial charge in [-0.3, -0.25) is 20.6 Å². The first-order valence-electron chi connectivity index (χ1n) is 9.85. The number of amides is 1. The van der Waals surface area contributed by atoms with Gasteiger partial charge in [-0.25, -0.2) is 4.98 Å². The number of carbonyl (C=O) groups excluding carboxylic acids is 1. The van der Waals surface area contributed by atoms with Crippen molar-refractivity contribution in [1.29, 1.82) is 10.8 Å². The Bertz CT molecular complexity index is 1200. The third-order valence-corrected chi connectivity index (χ3v) is 6.22. The lowest BCUT2D eigenvalue weighted by Crippen LogP contribution is -2.23. The zero-order chi connectivity index (χ0) is 22.9. The number of nitrogens with zero attached hydrogens (tertiary/aromatic N) is 2. The van der Waals surface area contributed by atoms with Gasteiger partial charge in [0.1, 0.15) is 5.15 Å². The normalized spacial score (nSPS) is 11.2. The fourth-order valence-corrected chi connectivity index (χ4v) is 4.87. The predicted octanol–water partition coefficient (Wildman–Crippen LogP) is 5.21. The minimum atomic E-state index is -0.622. The van der Waals surface area contributed by atoms with Crippen molar-refractivity contribution in [3.63, 3.8) is 0 Å². The molecule has 4 N–H and O–H groups in total. The first kappa shape index (κ1) is 22.8. The zero-order valence-corrected chi connectivity index (χ0v) is 19.4. The summed E-state index contributed by atoms with van der Waals surface area (Å²) >= 11 is 7.66. The van der Waals surface area contributed by atoms with Gasteiger partial charge in [-0.05, 0) is 36.3 Å². The van der Waals surface area contributed by atoms with Crippen molar-refractivity contribution < 1.29 is 9.53 Å². The average Bonchev–Trinajstić information content (AvgIpc) is 3.11. The summed E-state index contributed by atoms with van der Waals surface area (Å²) in [6.07, 6.45) is 2.70. The second-order valence-electron chi connectivity index (χ2n) is 7.56. The molecule has 3 aromatic heterocycles. The number of aryl methyl sites for hydroxylation is 1. The monoisotopic (exact) mass is 457 g/mol. The molecule has 0 aliphatic rings. The number of primary amides is 1. The number of aromatic nitrogens is 2. The van der Waals surface area contributed by atoms with Crippen LogP contribution in [0.15, 0.2) is 18.3 Å². The highest BCUT2D eigenvalue weighted by Crippen LogP contribution is 2.41. The highest BCUT2D eigenvalue weighted by molar-refractivity contribution is 7.22. The number of ether oxygens (including phenoxy) is 1. The van der Waals surface area contributed by atoms with E-state index >= 15 is 0 Å². The van der Waals surface area contributed by atoms with E-state index < -0.39 is 5.91 Å². The predicted molar refractivity (Wildman–Crippen MR) is 126 cm³/mol. The number of pyridine rings is 2. The molecule has 3 aromatic rings. The summed E-state index contributed by atoms with van der Waals surface area (Å²) in [5, 5.41) is 17.4. The van der Waals surface area contributed by atoms with Crippen LogP contribution in [0, 0.1) is 16.7 Å². The molecule has 0 radical (unpaired) electrons. The molecule has 0 aromatic carbocycles. The number of hydrogen-bond acceptors (Lipinski definition) is 7. The van der Waals surface area contributed by atoms with Crippen LogP contribution in [0.1, 0.15) is 55.0 Å². The molecule has 0 aliphatic heterocycles. The Morgan fingerprint density at radius 3 is 2.55 bits per heavy atom. The zero-order valence-electron chi connectivity index (χ0n) is 17.8. The van der Waals surface area contributed by atoms with E-state index in [9.17, 15) is 4.79 Å². The van der Waals surface area contributed by atoms with E-state index in [-0.39, 0.29) is 23.3 Å². The lowest BCUT2D eigenvalue weighted by Gasteiger charge is -2.20. The van der Waals surface area contributed by atoms with Crippen LogP contribution in [0.5, 0.6) is 0 Å². The van der Waals surface area contributed by atoms with Gasteiger partial charge >= 0.3 is 0 Å². The van der Waals surface area contributed by atoms with E-state index in [0.29, 0.717) is 45.4 Å². The van der Waals surface area contributed by atoms with Crippen molar-refractivity contribution in [2.45, 2.75) is 40.5 Å². The minimum absolute atomic E-state index is 0.131. The molecule has 31 heavy (non-hydrogen) atoms. The highest BCUT2D eigenvalue weighted by Gasteiger charge is 2.28. The molecule has 3 rings (SSSR count). The molecule has 3 heterocycles. The van der Waals surface area contributed by atoms with Gasteiger partial charge in [0.15, 0.2) is 5.90 Å². The van der Waals surface area contributed by atoms with Crippen LogP contribution in [0.3, 0.4) is 0 Å². The van der Waals surface area contributed by atoms with E-state index in [0.717, 1.165) is 10.1 Å². The van der Waals surface area contributed by atoms with E-state index in [2.05, 4.69) is 4.98 Å². The van der Waals surface area contributed by atoms with Gasteiger partial charge in [0.05, 0.1) is 27.2 Å². The van der Waals surface area contributed by atoms with Gasteiger partial charge in [-0.2, -0.15) is 0 Å². The molecule has 0 spiro atoms. The van der Waals surface area contributed by atoms with Gasteiger partial charge in [0, 0.05) is 23.6 Å². The number of rotatable bonds is 6. The number of thiophene rings is 1. The van der Waals surface area contributed by atoms with Crippen molar-refractivity contribution >= 4 is 50.7 Å². The second-order valence-corrected chi connectivity index (χ2v) is 8.97. The number of carbonyl (C=O) groups is 1. The molecule has 0 fully saturated rings. The molecule has 0 aliphatic carbocycles. The largest absolute Gasteiger partial charge is 0.425 e. The summed E-state index contributed by atoms with van der Waals surface area (Å²) in [6.45, 7) is 7.45. The number of nitrogens with one attached hydrogen (secondary N) is 2. The summed E-state index contributed by atoms with van der Waals surface area (Å²) in [5.74, 6) is -0.752. The topological polar surface area (TPSA) is 126 Å². The van der Waals surface area contributed by atoms with E-state index in [4.69, 9.17) is 37.9 Å². The molecule has 0 saturated heterocycles. The van der Waals surface area contributed by atoms with Gasteiger partial charge in [-0.1, -0.05) is 32.4 Å². The Morgan fingerprint density at radius 2 is 2.00 bits per heavy atom. The molecular weight excluding hydrogens is 434 g/mol. The fraction of sp³-hybridized carbons (Fsp3) is 0.318. The van der Waals surface area contributed by atoms with Crippen molar-refractivity contribution in [2.75, 3.05) is 0 Å². The van der Waals surface area contributed by atoms with Crippen molar-refractivity contribution in [1.82, 2.24) is 9.97 Å². The number of fused-ring (bicyclic) bond motifs is 1. The maximum atomic E-state index is 12.7. The first-order chi connectivity index (χ1) is 14.6. The number of hydrogen-bond donors (Lipinski definition) is 3. The smallest absolute Gasteiger partial charge is 0.251 e. The average molecular weight is 458 g/mol. The van der Waals surface area contributed by atoms with Crippen molar-refractivity contribution in [2.24, 2.45) is 11.7 Å². The number of nitrogens with two attached hydrogens (primary N) is 1. The molecule has 162 valence electrons. The molecule has 0 atom stereocenters. The first-order valence-corrected chi connectivity index (χ1v) is 11.0. The maximum Gasteiger partial charge on any atom is 0.251 e. The van der Waals surface area contributed by atoms with Crippen LogP contribution in [0.2, 0.25) is 5.15 Å². The van der Waals surface area contributed by atoms with Gasteiger partial charge < -0.3 is 10.5 Å². The third-order valence-electron chi connectivity index (χ3n) is 4.65. The molecule has 0 unspecified atom stereocenters. The Hall–Kier alpha value is -2.84. The Kier molecular flexibility index (Phi) is 6.71. The minimum Gasteiger partial charge on any atom is -0.425 e. The maximum absolute atomic E-state index is 12.7. The van der Waals surface area contributed by atoms with Crippen LogP contribution in [0.4, 0.5) is 0 Å². The standard InChI is InChI=1S/C22H24ClN5O2S/c1-5-13-17(22(26)30-11(4)24)18(16(21(25)29)14(28-13)8-10(2)3)15-9-12-6-7-27-20(23)19(12)31-15/h6-7,9-10,24,26H,5,8H2,1-4H3,(H2,25,29). The SMILES string of the molecule is CCc1nc(CC(C)C)c(C(N)=O)c(-c2cc3ccnc(Cl)c3s2)c1C(=N)OC(C)=N. The summed E-state index contributed by atoms with van der Waals surface area (Å²) in [5.41, 5.74) is 8.20.